The number of amides is 2. The molecule has 7 heteroatoms. The number of benzene rings is 1. The molecule has 124 valence electrons. The van der Waals surface area contributed by atoms with Crippen LogP contribution in [-0.4, -0.2) is 68.0 Å². The Morgan fingerprint density at radius 2 is 1.87 bits per heavy atom. The van der Waals surface area contributed by atoms with Gasteiger partial charge in [-0.25, -0.2) is 4.90 Å². The van der Waals surface area contributed by atoms with Crippen molar-refractivity contribution >= 4 is 29.1 Å². The van der Waals surface area contributed by atoms with Crippen molar-refractivity contribution in [3.8, 4) is 5.75 Å². The SMILES string of the molecule is COc1ccc(Cl)cc1N1C(=O)C[C@H](N2CCN(C)CC2)C1=O. The molecule has 3 rings (SSSR count). The van der Waals surface area contributed by atoms with Crippen molar-refractivity contribution in [1.82, 2.24) is 9.80 Å². The largest absolute Gasteiger partial charge is 0.495 e. The highest BCUT2D eigenvalue weighted by molar-refractivity contribution is 6.31. The number of hydrogen-bond donors (Lipinski definition) is 0. The van der Waals surface area contributed by atoms with E-state index in [9.17, 15) is 9.59 Å². The molecule has 1 atom stereocenters. The van der Waals surface area contributed by atoms with E-state index in [2.05, 4.69) is 16.8 Å². The van der Waals surface area contributed by atoms with Crippen LogP contribution in [0.15, 0.2) is 18.2 Å². The van der Waals surface area contributed by atoms with Crippen molar-refractivity contribution in [2.75, 3.05) is 45.2 Å². The van der Waals surface area contributed by atoms with Crippen molar-refractivity contribution in [1.29, 1.82) is 0 Å². The van der Waals surface area contributed by atoms with E-state index in [-0.39, 0.29) is 24.3 Å². The minimum atomic E-state index is -0.389. The maximum Gasteiger partial charge on any atom is 0.251 e. The fourth-order valence-electron chi connectivity index (χ4n) is 3.13. The molecule has 2 fully saturated rings. The maximum atomic E-state index is 12.8. The van der Waals surface area contributed by atoms with Crippen LogP contribution in [0.3, 0.4) is 0 Å². The lowest BCUT2D eigenvalue weighted by Gasteiger charge is -2.35. The van der Waals surface area contributed by atoms with E-state index >= 15 is 0 Å². The van der Waals surface area contributed by atoms with E-state index in [0.717, 1.165) is 26.2 Å². The molecular formula is C16H20ClN3O3. The van der Waals surface area contributed by atoms with E-state index in [1.54, 1.807) is 18.2 Å². The Hall–Kier alpha value is -1.63. The van der Waals surface area contributed by atoms with Gasteiger partial charge in [0.15, 0.2) is 0 Å². The van der Waals surface area contributed by atoms with Gasteiger partial charge in [0.2, 0.25) is 5.91 Å². The third-order valence-electron chi connectivity index (χ3n) is 4.48. The van der Waals surface area contributed by atoms with Crippen LogP contribution in [0.4, 0.5) is 5.69 Å². The summed E-state index contributed by atoms with van der Waals surface area (Å²) in [5.74, 6) is 0.0646. The van der Waals surface area contributed by atoms with Gasteiger partial charge in [-0.05, 0) is 25.2 Å². The monoisotopic (exact) mass is 337 g/mol. The quantitative estimate of drug-likeness (QED) is 0.776. The first-order chi connectivity index (χ1) is 11.0. The van der Waals surface area contributed by atoms with Crippen molar-refractivity contribution in [2.24, 2.45) is 0 Å². The molecular weight excluding hydrogens is 318 g/mol. The van der Waals surface area contributed by atoms with Crippen LogP contribution in [0.5, 0.6) is 5.75 Å². The lowest BCUT2D eigenvalue weighted by atomic mass is 10.2. The molecule has 0 aliphatic carbocycles. The fraction of sp³-hybridized carbons (Fsp3) is 0.500. The average molecular weight is 338 g/mol. The number of anilines is 1. The highest BCUT2D eigenvalue weighted by atomic mass is 35.5. The molecule has 2 heterocycles. The zero-order valence-corrected chi connectivity index (χ0v) is 14.0. The Labute approximate surface area is 140 Å². The Balaban J connectivity index is 1.86. The zero-order chi connectivity index (χ0) is 16.6. The number of carbonyl (C=O) groups excluding carboxylic acids is 2. The predicted molar refractivity (Wildman–Crippen MR) is 88.0 cm³/mol. The minimum Gasteiger partial charge on any atom is -0.495 e. The molecule has 1 aromatic rings. The first-order valence-electron chi connectivity index (χ1n) is 7.64. The molecule has 6 nitrogen and oxygen atoms in total. The van der Waals surface area contributed by atoms with E-state index in [4.69, 9.17) is 16.3 Å². The Morgan fingerprint density at radius 3 is 2.52 bits per heavy atom. The van der Waals surface area contributed by atoms with E-state index in [0.29, 0.717) is 16.5 Å². The van der Waals surface area contributed by atoms with E-state index < -0.39 is 0 Å². The molecule has 2 saturated heterocycles. The minimum absolute atomic E-state index is 0.194. The number of carbonyl (C=O) groups is 2. The zero-order valence-electron chi connectivity index (χ0n) is 13.3. The first-order valence-corrected chi connectivity index (χ1v) is 8.02. The molecule has 0 aromatic heterocycles. The summed E-state index contributed by atoms with van der Waals surface area (Å²) >= 11 is 6.03. The van der Waals surface area contributed by atoms with Gasteiger partial charge in [-0.3, -0.25) is 14.5 Å². The number of nitrogens with zero attached hydrogens (tertiary/aromatic N) is 3. The third-order valence-corrected chi connectivity index (χ3v) is 4.72. The van der Waals surface area contributed by atoms with Gasteiger partial charge >= 0.3 is 0 Å². The summed E-state index contributed by atoms with van der Waals surface area (Å²) in [5.41, 5.74) is 0.423. The molecule has 0 bridgehead atoms. The van der Waals surface area contributed by atoms with Gasteiger partial charge in [-0.1, -0.05) is 11.6 Å². The molecule has 0 spiro atoms. The second kappa shape index (κ2) is 6.47. The third kappa shape index (κ3) is 3.06. The van der Waals surface area contributed by atoms with Crippen molar-refractivity contribution in [3.63, 3.8) is 0 Å². The second-order valence-corrected chi connectivity index (χ2v) is 6.38. The molecule has 2 aliphatic heterocycles. The van der Waals surface area contributed by atoms with Crippen LogP contribution in [0, 0.1) is 0 Å². The lowest BCUT2D eigenvalue weighted by molar-refractivity contribution is -0.123. The van der Waals surface area contributed by atoms with Crippen LogP contribution in [0.25, 0.3) is 0 Å². The maximum absolute atomic E-state index is 12.8. The molecule has 0 unspecified atom stereocenters. The normalized spacial score (nSPS) is 23.6. The topological polar surface area (TPSA) is 53.1 Å². The molecule has 0 radical (unpaired) electrons. The Kier molecular flexibility index (Phi) is 4.57. The van der Waals surface area contributed by atoms with Crippen LogP contribution >= 0.6 is 11.6 Å². The van der Waals surface area contributed by atoms with Crippen LogP contribution in [0.2, 0.25) is 5.02 Å². The number of likely N-dealkylation sites (N-methyl/N-ethyl adjacent to an activating group) is 1. The summed E-state index contributed by atoms with van der Waals surface area (Å²) in [5, 5.41) is 0.462. The van der Waals surface area contributed by atoms with Gasteiger partial charge < -0.3 is 9.64 Å². The molecule has 0 saturated carbocycles. The van der Waals surface area contributed by atoms with Gasteiger partial charge in [0.25, 0.3) is 5.91 Å². The summed E-state index contributed by atoms with van der Waals surface area (Å²) < 4.78 is 5.28. The average Bonchev–Trinajstić information content (AvgIpc) is 2.83. The van der Waals surface area contributed by atoms with Gasteiger partial charge in [-0.15, -0.1) is 0 Å². The number of halogens is 1. The number of ether oxygens (including phenoxy) is 1. The Morgan fingerprint density at radius 1 is 1.17 bits per heavy atom. The van der Waals surface area contributed by atoms with Gasteiger partial charge in [-0.2, -0.15) is 0 Å². The first kappa shape index (κ1) is 16.2. The molecule has 1 aromatic carbocycles. The fourth-order valence-corrected chi connectivity index (χ4v) is 3.29. The number of rotatable bonds is 3. The predicted octanol–water partition coefficient (Wildman–Crippen LogP) is 1.23. The van der Waals surface area contributed by atoms with E-state index in [1.807, 2.05) is 0 Å². The van der Waals surface area contributed by atoms with Gasteiger partial charge in [0, 0.05) is 31.2 Å². The number of piperazine rings is 1. The summed E-state index contributed by atoms with van der Waals surface area (Å²) in [6.07, 6.45) is 0.207. The van der Waals surface area contributed by atoms with Crippen LogP contribution in [0.1, 0.15) is 6.42 Å². The van der Waals surface area contributed by atoms with Gasteiger partial charge in [0.1, 0.15) is 5.75 Å². The number of methoxy groups -OCH3 is 1. The highest BCUT2D eigenvalue weighted by Crippen LogP contribution is 2.35. The van der Waals surface area contributed by atoms with Crippen molar-refractivity contribution in [2.45, 2.75) is 12.5 Å². The summed E-state index contributed by atoms with van der Waals surface area (Å²) in [7, 11) is 3.57. The van der Waals surface area contributed by atoms with Crippen LogP contribution < -0.4 is 9.64 Å². The summed E-state index contributed by atoms with van der Waals surface area (Å²) in [6.45, 7) is 3.39. The molecule has 0 N–H and O–H groups in total. The second-order valence-electron chi connectivity index (χ2n) is 5.94. The van der Waals surface area contributed by atoms with E-state index in [1.165, 1.54) is 12.0 Å². The molecule has 2 aliphatic rings. The number of hydrogen-bond acceptors (Lipinski definition) is 5. The van der Waals surface area contributed by atoms with Crippen LogP contribution in [-0.2, 0) is 9.59 Å². The lowest BCUT2D eigenvalue weighted by Crippen LogP contribution is -2.51. The standard InChI is InChI=1S/C16H20ClN3O3/c1-18-5-7-19(8-6-18)13-10-15(21)20(16(13)22)12-9-11(17)3-4-14(12)23-2/h3-4,9,13H,5-8,10H2,1-2H3/t13-/m0/s1. The smallest absolute Gasteiger partial charge is 0.251 e. The molecule has 2 amide bonds. The number of imide groups is 1. The Bertz CT molecular complexity index is 629. The van der Waals surface area contributed by atoms with Crippen molar-refractivity contribution < 1.29 is 14.3 Å². The van der Waals surface area contributed by atoms with Gasteiger partial charge in [0.05, 0.1) is 25.3 Å². The molecule has 23 heavy (non-hydrogen) atoms. The highest BCUT2D eigenvalue weighted by Gasteiger charge is 2.44. The summed E-state index contributed by atoms with van der Waals surface area (Å²) in [6, 6.07) is 4.55. The van der Waals surface area contributed by atoms with Crippen molar-refractivity contribution in [3.05, 3.63) is 23.2 Å². The summed E-state index contributed by atoms with van der Waals surface area (Å²) in [4.78, 5) is 30.8.